The van der Waals surface area contributed by atoms with Crippen LogP contribution in [-0.2, 0) is 0 Å². The maximum absolute atomic E-state index is 5.89. The Hall–Kier alpha value is -2.47. The number of hydrogen-bond acceptors (Lipinski definition) is 6. The van der Waals surface area contributed by atoms with Gasteiger partial charge in [-0.2, -0.15) is 9.97 Å². The van der Waals surface area contributed by atoms with E-state index in [0.29, 0.717) is 28.0 Å². The zero-order chi connectivity index (χ0) is 14.8. The SMILES string of the molecule is CN(C)c1nc(Nc2ccc(Cl)cc2)c2nccnc2n1. The number of anilines is 3. The largest absolute Gasteiger partial charge is 0.347 e. The zero-order valence-electron chi connectivity index (χ0n) is 11.6. The first-order chi connectivity index (χ1) is 10.1. The van der Waals surface area contributed by atoms with Crippen molar-refractivity contribution >= 4 is 40.2 Å². The molecule has 0 radical (unpaired) electrons. The number of halogens is 1. The van der Waals surface area contributed by atoms with Gasteiger partial charge in [-0.05, 0) is 24.3 Å². The Bertz CT molecular complexity index is 772. The first kappa shape index (κ1) is 13.5. The second-order valence-corrected chi connectivity index (χ2v) is 5.06. The third kappa shape index (κ3) is 2.85. The van der Waals surface area contributed by atoms with Crippen molar-refractivity contribution < 1.29 is 0 Å². The van der Waals surface area contributed by atoms with E-state index in [-0.39, 0.29) is 0 Å². The number of hydrogen-bond donors (Lipinski definition) is 1. The average Bonchev–Trinajstić information content (AvgIpc) is 2.49. The monoisotopic (exact) mass is 300 g/mol. The van der Waals surface area contributed by atoms with E-state index in [9.17, 15) is 0 Å². The molecule has 2 heterocycles. The fourth-order valence-corrected chi connectivity index (χ4v) is 1.94. The smallest absolute Gasteiger partial charge is 0.228 e. The Labute approximate surface area is 126 Å². The third-order valence-corrected chi connectivity index (χ3v) is 3.08. The molecule has 0 amide bonds. The van der Waals surface area contributed by atoms with Crippen molar-refractivity contribution in [3.8, 4) is 0 Å². The Morgan fingerprint density at radius 3 is 2.43 bits per heavy atom. The van der Waals surface area contributed by atoms with Crippen molar-refractivity contribution in [1.82, 2.24) is 19.9 Å². The second-order valence-electron chi connectivity index (χ2n) is 4.63. The van der Waals surface area contributed by atoms with E-state index in [0.717, 1.165) is 5.69 Å². The lowest BCUT2D eigenvalue weighted by molar-refractivity contribution is 1.01. The van der Waals surface area contributed by atoms with Crippen molar-refractivity contribution in [2.45, 2.75) is 0 Å². The van der Waals surface area contributed by atoms with E-state index in [1.165, 1.54) is 0 Å². The number of aromatic nitrogens is 4. The van der Waals surface area contributed by atoms with Crippen molar-refractivity contribution in [1.29, 1.82) is 0 Å². The molecule has 0 atom stereocenters. The molecule has 6 nitrogen and oxygen atoms in total. The van der Waals surface area contributed by atoms with E-state index in [4.69, 9.17) is 11.6 Å². The Morgan fingerprint density at radius 2 is 1.71 bits per heavy atom. The van der Waals surface area contributed by atoms with E-state index in [1.54, 1.807) is 12.4 Å². The normalized spacial score (nSPS) is 10.6. The van der Waals surface area contributed by atoms with Crippen LogP contribution in [0.25, 0.3) is 11.2 Å². The molecule has 0 unspecified atom stereocenters. The van der Waals surface area contributed by atoms with Gasteiger partial charge in [-0.25, -0.2) is 9.97 Å². The van der Waals surface area contributed by atoms with Gasteiger partial charge in [0.25, 0.3) is 0 Å². The van der Waals surface area contributed by atoms with E-state index < -0.39 is 0 Å². The molecular formula is C14H13ClN6. The summed E-state index contributed by atoms with van der Waals surface area (Å²) in [5.41, 5.74) is 2.04. The number of nitrogens with zero attached hydrogens (tertiary/aromatic N) is 5. The highest BCUT2D eigenvalue weighted by molar-refractivity contribution is 6.30. The van der Waals surface area contributed by atoms with E-state index in [2.05, 4.69) is 25.3 Å². The Balaban J connectivity index is 2.09. The molecule has 3 aromatic rings. The third-order valence-electron chi connectivity index (χ3n) is 2.83. The van der Waals surface area contributed by atoms with Crippen LogP contribution in [0.2, 0.25) is 5.02 Å². The van der Waals surface area contributed by atoms with Gasteiger partial charge in [-0.1, -0.05) is 11.6 Å². The lowest BCUT2D eigenvalue weighted by Gasteiger charge is -2.13. The van der Waals surface area contributed by atoms with Crippen LogP contribution in [0.1, 0.15) is 0 Å². The quantitative estimate of drug-likeness (QED) is 0.802. The van der Waals surface area contributed by atoms with Gasteiger partial charge in [0.15, 0.2) is 17.0 Å². The van der Waals surface area contributed by atoms with E-state index in [1.807, 2.05) is 43.3 Å². The number of fused-ring (bicyclic) bond motifs is 1. The van der Waals surface area contributed by atoms with Crippen molar-refractivity contribution in [3.63, 3.8) is 0 Å². The van der Waals surface area contributed by atoms with Crippen molar-refractivity contribution in [3.05, 3.63) is 41.7 Å². The summed E-state index contributed by atoms with van der Waals surface area (Å²) in [5.74, 6) is 1.18. The Kier molecular flexibility index (Phi) is 3.53. The highest BCUT2D eigenvalue weighted by atomic mass is 35.5. The standard InChI is InChI=1S/C14H13ClN6/c1-21(2)14-19-12-11(16-7-8-17-12)13(20-14)18-10-5-3-9(15)4-6-10/h3-8H,1-2H3,(H,17,18,19,20). The molecule has 0 saturated carbocycles. The molecule has 0 saturated heterocycles. The van der Waals surface area contributed by atoms with Gasteiger partial charge < -0.3 is 10.2 Å². The van der Waals surface area contributed by atoms with E-state index >= 15 is 0 Å². The average molecular weight is 301 g/mol. The lowest BCUT2D eigenvalue weighted by atomic mass is 10.3. The molecular weight excluding hydrogens is 288 g/mol. The van der Waals surface area contributed by atoms with Gasteiger partial charge >= 0.3 is 0 Å². The highest BCUT2D eigenvalue weighted by Gasteiger charge is 2.11. The minimum Gasteiger partial charge on any atom is -0.347 e. The van der Waals surface area contributed by atoms with Crippen LogP contribution < -0.4 is 10.2 Å². The first-order valence-electron chi connectivity index (χ1n) is 6.32. The van der Waals surface area contributed by atoms with Gasteiger partial charge in [-0.3, -0.25) is 0 Å². The first-order valence-corrected chi connectivity index (χ1v) is 6.70. The lowest BCUT2D eigenvalue weighted by Crippen LogP contribution is -2.14. The fourth-order valence-electron chi connectivity index (χ4n) is 1.81. The van der Waals surface area contributed by atoms with Crippen LogP contribution in [0.3, 0.4) is 0 Å². The number of benzene rings is 1. The molecule has 7 heteroatoms. The molecule has 0 aliphatic heterocycles. The predicted molar refractivity (Wildman–Crippen MR) is 84.2 cm³/mol. The molecule has 106 valence electrons. The number of nitrogens with one attached hydrogen (secondary N) is 1. The van der Waals surface area contributed by atoms with Crippen LogP contribution in [-0.4, -0.2) is 34.0 Å². The summed E-state index contributed by atoms with van der Waals surface area (Å²) in [4.78, 5) is 19.2. The molecule has 0 spiro atoms. The predicted octanol–water partition coefficient (Wildman–Crippen LogP) is 2.88. The molecule has 2 aromatic heterocycles. The molecule has 1 N–H and O–H groups in total. The maximum Gasteiger partial charge on any atom is 0.228 e. The topological polar surface area (TPSA) is 66.8 Å². The minimum absolute atomic E-state index is 0.549. The second kappa shape index (κ2) is 5.49. The summed E-state index contributed by atoms with van der Waals surface area (Å²) in [7, 11) is 3.76. The van der Waals surface area contributed by atoms with Gasteiger partial charge in [-0.15, -0.1) is 0 Å². The molecule has 1 aromatic carbocycles. The minimum atomic E-state index is 0.549. The molecule has 3 rings (SSSR count). The molecule has 0 aliphatic carbocycles. The summed E-state index contributed by atoms with van der Waals surface area (Å²) in [6.07, 6.45) is 3.23. The van der Waals surface area contributed by atoms with Crippen LogP contribution in [0.15, 0.2) is 36.7 Å². The van der Waals surface area contributed by atoms with Crippen LogP contribution in [0.4, 0.5) is 17.5 Å². The molecule has 21 heavy (non-hydrogen) atoms. The van der Waals surface area contributed by atoms with Gasteiger partial charge in [0.05, 0.1) is 0 Å². The molecule has 0 fully saturated rings. The van der Waals surface area contributed by atoms with Gasteiger partial charge in [0, 0.05) is 37.2 Å². The van der Waals surface area contributed by atoms with Crippen LogP contribution in [0.5, 0.6) is 0 Å². The van der Waals surface area contributed by atoms with Gasteiger partial charge in [0.2, 0.25) is 5.95 Å². The fraction of sp³-hybridized carbons (Fsp3) is 0.143. The number of rotatable bonds is 3. The van der Waals surface area contributed by atoms with Crippen molar-refractivity contribution in [2.75, 3.05) is 24.3 Å². The summed E-state index contributed by atoms with van der Waals surface area (Å²) in [6.45, 7) is 0. The summed E-state index contributed by atoms with van der Waals surface area (Å²) in [6, 6.07) is 7.38. The zero-order valence-corrected chi connectivity index (χ0v) is 12.3. The van der Waals surface area contributed by atoms with Crippen LogP contribution in [0, 0.1) is 0 Å². The van der Waals surface area contributed by atoms with Gasteiger partial charge in [0.1, 0.15) is 0 Å². The molecule has 0 bridgehead atoms. The summed E-state index contributed by atoms with van der Waals surface area (Å²) in [5, 5.41) is 3.91. The maximum atomic E-state index is 5.89. The summed E-state index contributed by atoms with van der Waals surface area (Å²) >= 11 is 5.89. The van der Waals surface area contributed by atoms with Crippen LogP contribution >= 0.6 is 11.6 Å². The van der Waals surface area contributed by atoms with Crippen molar-refractivity contribution in [2.24, 2.45) is 0 Å². The summed E-state index contributed by atoms with van der Waals surface area (Å²) < 4.78 is 0. The highest BCUT2D eigenvalue weighted by Crippen LogP contribution is 2.23. The molecule has 0 aliphatic rings. The Morgan fingerprint density at radius 1 is 1.00 bits per heavy atom.